The van der Waals surface area contributed by atoms with E-state index in [9.17, 15) is 5.11 Å². The van der Waals surface area contributed by atoms with Crippen LogP contribution < -0.4 is 0 Å². The molecule has 0 radical (unpaired) electrons. The molecule has 1 aliphatic carbocycles. The molecule has 1 N–H and O–H groups in total. The highest BCUT2D eigenvalue weighted by atomic mass is 16.3. The van der Waals surface area contributed by atoms with E-state index in [4.69, 9.17) is 0 Å². The van der Waals surface area contributed by atoms with Gasteiger partial charge in [-0.05, 0) is 49.5 Å². The van der Waals surface area contributed by atoms with Gasteiger partial charge in [-0.25, -0.2) is 0 Å². The minimum Gasteiger partial charge on any atom is -0.388 e. The number of fused-ring (bicyclic) bond motifs is 3. The van der Waals surface area contributed by atoms with Crippen LogP contribution in [-0.2, 0) is 0 Å². The molecule has 3 heteroatoms. The predicted molar refractivity (Wildman–Crippen MR) is 57.3 cm³/mol. The molecule has 3 rings (SSSR count). The van der Waals surface area contributed by atoms with Gasteiger partial charge in [0.05, 0.1) is 6.10 Å². The summed E-state index contributed by atoms with van der Waals surface area (Å²) in [6, 6.07) is 2.44. The molecule has 0 saturated carbocycles. The number of hydrogen-bond donors (Lipinski definition) is 1. The lowest BCUT2D eigenvalue weighted by atomic mass is 9.79. The molecule has 1 saturated heterocycles. The van der Waals surface area contributed by atoms with Gasteiger partial charge in [0, 0.05) is 18.4 Å². The molecular formula is C12H16N2O. The number of likely N-dealkylation sites (tertiary alicyclic amines) is 1. The van der Waals surface area contributed by atoms with Crippen LogP contribution in [-0.4, -0.2) is 28.6 Å². The normalized spacial score (nSPS) is 34.9. The Morgan fingerprint density at radius 3 is 3.20 bits per heavy atom. The molecule has 2 heterocycles. The largest absolute Gasteiger partial charge is 0.388 e. The molecule has 1 aromatic heterocycles. The van der Waals surface area contributed by atoms with Crippen LogP contribution in [0.1, 0.15) is 36.1 Å². The van der Waals surface area contributed by atoms with Crippen LogP contribution in [0.15, 0.2) is 18.5 Å². The molecule has 1 unspecified atom stereocenters. The highest BCUT2D eigenvalue weighted by Crippen LogP contribution is 2.47. The van der Waals surface area contributed by atoms with Gasteiger partial charge in [0.2, 0.25) is 0 Å². The Bertz CT molecular complexity index is 380. The van der Waals surface area contributed by atoms with Crippen molar-refractivity contribution in [3.63, 3.8) is 0 Å². The zero-order valence-corrected chi connectivity index (χ0v) is 8.93. The molecule has 0 amide bonds. The monoisotopic (exact) mass is 204 g/mol. The number of aliphatic hydroxyl groups excluding tert-OH is 1. The molecular weight excluding hydrogens is 188 g/mol. The van der Waals surface area contributed by atoms with Crippen LogP contribution in [0, 0.1) is 5.92 Å². The molecule has 0 spiro atoms. The first-order valence-corrected chi connectivity index (χ1v) is 5.59. The van der Waals surface area contributed by atoms with E-state index in [1.165, 1.54) is 12.0 Å². The van der Waals surface area contributed by atoms with Crippen LogP contribution in [0.5, 0.6) is 0 Å². The van der Waals surface area contributed by atoms with Crippen molar-refractivity contribution in [1.82, 2.24) is 9.88 Å². The molecule has 80 valence electrons. The summed E-state index contributed by atoms with van der Waals surface area (Å²) in [5.41, 5.74) is 2.32. The van der Waals surface area contributed by atoms with Gasteiger partial charge < -0.3 is 5.11 Å². The molecule has 3 nitrogen and oxygen atoms in total. The molecule has 1 fully saturated rings. The quantitative estimate of drug-likeness (QED) is 0.696. The first-order valence-electron chi connectivity index (χ1n) is 5.59. The Hall–Kier alpha value is -0.930. The van der Waals surface area contributed by atoms with Crippen LogP contribution in [0.25, 0.3) is 0 Å². The summed E-state index contributed by atoms with van der Waals surface area (Å²) in [7, 11) is 2.17. The highest BCUT2D eigenvalue weighted by Gasteiger charge is 2.40. The number of rotatable bonds is 0. The molecule has 0 aromatic carbocycles. The highest BCUT2D eigenvalue weighted by molar-refractivity contribution is 5.33. The molecule has 15 heavy (non-hydrogen) atoms. The SMILES string of the molecule is CN1CC[C@H]2CC(O)c3ccncc3[C@H]21. The van der Waals surface area contributed by atoms with Gasteiger partial charge in [-0.2, -0.15) is 0 Å². The molecule has 2 aliphatic rings. The summed E-state index contributed by atoms with van der Waals surface area (Å²) in [5, 5.41) is 10.0. The zero-order valence-electron chi connectivity index (χ0n) is 8.93. The van der Waals surface area contributed by atoms with E-state index < -0.39 is 0 Å². The molecule has 0 bridgehead atoms. The third-order valence-electron chi connectivity index (χ3n) is 3.86. The van der Waals surface area contributed by atoms with Crippen molar-refractivity contribution in [2.45, 2.75) is 25.0 Å². The van der Waals surface area contributed by atoms with E-state index in [1.54, 1.807) is 6.20 Å². The maximum absolute atomic E-state index is 10.0. The third-order valence-corrected chi connectivity index (χ3v) is 3.86. The Morgan fingerprint density at radius 2 is 2.33 bits per heavy atom. The van der Waals surface area contributed by atoms with Gasteiger partial charge in [-0.3, -0.25) is 9.88 Å². The van der Waals surface area contributed by atoms with E-state index in [0.717, 1.165) is 18.5 Å². The van der Waals surface area contributed by atoms with E-state index in [2.05, 4.69) is 16.9 Å². The van der Waals surface area contributed by atoms with Crippen molar-refractivity contribution < 1.29 is 5.11 Å². The van der Waals surface area contributed by atoms with E-state index in [1.807, 2.05) is 12.3 Å². The minimum atomic E-state index is -0.282. The Kier molecular flexibility index (Phi) is 2.04. The summed E-state index contributed by atoms with van der Waals surface area (Å²) in [4.78, 5) is 6.58. The van der Waals surface area contributed by atoms with Crippen molar-refractivity contribution in [2.24, 2.45) is 5.92 Å². The Morgan fingerprint density at radius 1 is 1.47 bits per heavy atom. The van der Waals surface area contributed by atoms with E-state index in [0.29, 0.717) is 12.0 Å². The Labute approximate surface area is 89.7 Å². The lowest BCUT2D eigenvalue weighted by Crippen LogP contribution is -2.27. The van der Waals surface area contributed by atoms with Crippen molar-refractivity contribution in [1.29, 1.82) is 0 Å². The number of aromatic nitrogens is 1. The maximum Gasteiger partial charge on any atom is 0.0797 e. The van der Waals surface area contributed by atoms with Gasteiger partial charge in [0.25, 0.3) is 0 Å². The van der Waals surface area contributed by atoms with Gasteiger partial charge >= 0.3 is 0 Å². The molecule has 3 atom stereocenters. The van der Waals surface area contributed by atoms with Crippen molar-refractivity contribution in [3.8, 4) is 0 Å². The standard InChI is InChI=1S/C12H16N2O/c1-14-5-3-8-6-11(15)9-2-4-13-7-10(9)12(8)14/h2,4,7-8,11-12,15H,3,5-6H2,1H3/t8-,11?,12-/m0/s1. The average molecular weight is 204 g/mol. The summed E-state index contributed by atoms with van der Waals surface area (Å²) >= 11 is 0. The smallest absolute Gasteiger partial charge is 0.0797 e. The summed E-state index contributed by atoms with van der Waals surface area (Å²) in [6.45, 7) is 1.14. The fourth-order valence-corrected chi connectivity index (χ4v) is 3.15. The van der Waals surface area contributed by atoms with Gasteiger partial charge in [0.15, 0.2) is 0 Å². The predicted octanol–water partition coefficient (Wildman–Crippen LogP) is 1.51. The fourth-order valence-electron chi connectivity index (χ4n) is 3.15. The van der Waals surface area contributed by atoms with Crippen LogP contribution in [0.2, 0.25) is 0 Å². The van der Waals surface area contributed by atoms with Crippen molar-refractivity contribution in [2.75, 3.05) is 13.6 Å². The van der Waals surface area contributed by atoms with Gasteiger partial charge in [-0.1, -0.05) is 0 Å². The summed E-state index contributed by atoms with van der Waals surface area (Å²) < 4.78 is 0. The van der Waals surface area contributed by atoms with Crippen LogP contribution in [0.4, 0.5) is 0 Å². The van der Waals surface area contributed by atoms with Gasteiger partial charge in [-0.15, -0.1) is 0 Å². The second-order valence-corrected chi connectivity index (χ2v) is 4.73. The molecule has 1 aliphatic heterocycles. The lowest BCUT2D eigenvalue weighted by Gasteiger charge is -2.34. The number of pyridine rings is 1. The molecule has 1 aromatic rings. The number of aliphatic hydroxyl groups is 1. The van der Waals surface area contributed by atoms with E-state index in [-0.39, 0.29) is 6.10 Å². The van der Waals surface area contributed by atoms with Crippen molar-refractivity contribution >= 4 is 0 Å². The topological polar surface area (TPSA) is 36.4 Å². The second kappa shape index (κ2) is 3.29. The van der Waals surface area contributed by atoms with Crippen molar-refractivity contribution in [3.05, 3.63) is 29.6 Å². The first-order chi connectivity index (χ1) is 7.27. The summed E-state index contributed by atoms with van der Waals surface area (Å²) in [6.07, 6.45) is 5.53. The zero-order chi connectivity index (χ0) is 10.4. The van der Waals surface area contributed by atoms with Gasteiger partial charge in [0.1, 0.15) is 0 Å². The van der Waals surface area contributed by atoms with Crippen LogP contribution in [0.3, 0.4) is 0 Å². The summed E-state index contributed by atoms with van der Waals surface area (Å²) in [5.74, 6) is 0.613. The first kappa shape index (κ1) is 9.31. The minimum absolute atomic E-state index is 0.282. The number of hydrogen-bond acceptors (Lipinski definition) is 3. The third kappa shape index (κ3) is 1.30. The van der Waals surface area contributed by atoms with Crippen LogP contribution >= 0.6 is 0 Å². The average Bonchev–Trinajstić information content (AvgIpc) is 2.61. The fraction of sp³-hybridized carbons (Fsp3) is 0.583. The number of nitrogens with zero attached hydrogens (tertiary/aromatic N) is 2. The maximum atomic E-state index is 10.0. The van der Waals surface area contributed by atoms with E-state index >= 15 is 0 Å². The second-order valence-electron chi connectivity index (χ2n) is 4.73. The Balaban J connectivity index is 2.10. The lowest BCUT2D eigenvalue weighted by molar-refractivity contribution is 0.110.